The summed E-state index contributed by atoms with van der Waals surface area (Å²) >= 11 is 7.57. The average molecular weight is 286 g/mol. The van der Waals surface area contributed by atoms with Gasteiger partial charge in [-0.15, -0.1) is 11.8 Å². The first-order valence-electron chi connectivity index (χ1n) is 6.29. The highest BCUT2D eigenvalue weighted by Gasteiger charge is 2.04. The summed E-state index contributed by atoms with van der Waals surface area (Å²) in [5, 5.41) is 3.73. The van der Waals surface area contributed by atoms with Gasteiger partial charge in [-0.25, -0.2) is 0 Å². The number of carbonyl (C=O) groups excluding carboxylic acids is 1. The van der Waals surface area contributed by atoms with Gasteiger partial charge in [-0.2, -0.15) is 0 Å². The smallest absolute Gasteiger partial charge is 0.220 e. The van der Waals surface area contributed by atoms with Crippen LogP contribution in [0.3, 0.4) is 0 Å². The van der Waals surface area contributed by atoms with Crippen LogP contribution in [0.1, 0.15) is 33.1 Å². The van der Waals surface area contributed by atoms with Gasteiger partial charge in [-0.3, -0.25) is 4.79 Å². The first-order chi connectivity index (χ1) is 8.61. The molecule has 0 saturated carbocycles. The van der Waals surface area contributed by atoms with Crippen molar-refractivity contribution >= 4 is 29.3 Å². The zero-order valence-corrected chi connectivity index (χ0v) is 12.5. The standard InChI is InChI=1S/C14H20ClNOS/c1-3-11(2)16-14(17)5-4-10-18-13-8-6-12(15)7-9-13/h6-9,11H,3-5,10H2,1-2H3,(H,16,17)/t11-/m1/s1. The van der Waals surface area contributed by atoms with Gasteiger partial charge in [0.25, 0.3) is 0 Å². The SMILES string of the molecule is CC[C@@H](C)NC(=O)CCCSc1ccc(Cl)cc1. The lowest BCUT2D eigenvalue weighted by atomic mass is 10.2. The van der Waals surface area contributed by atoms with Crippen LogP contribution in [0.5, 0.6) is 0 Å². The third-order valence-electron chi connectivity index (χ3n) is 2.65. The predicted octanol–water partition coefficient (Wildman–Crippen LogP) is 4.13. The Balaban J connectivity index is 2.15. The Hall–Kier alpha value is -0.670. The molecule has 1 aromatic carbocycles. The number of carbonyl (C=O) groups is 1. The van der Waals surface area contributed by atoms with E-state index >= 15 is 0 Å². The lowest BCUT2D eigenvalue weighted by Gasteiger charge is -2.10. The van der Waals surface area contributed by atoms with Crippen molar-refractivity contribution in [3.63, 3.8) is 0 Å². The Kier molecular flexibility index (Phi) is 7.21. The molecule has 1 rings (SSSR count). The minimum absolute atomic E-state index is 0.154. The fourth-order valence-electron chi connectivity index (χ4n) is 1.40. The highest BCUT2D eigenvalue weighted by Crippen LogP contribution is 2.21. The van der Waals surface area contributed by atoms with E-state index < -0.39 is 0 Å². The number of rotatable bonds is 7. The minimum Gasteiger partial charge on any atom is -0.354 e. The molecule has 1 aromatic rings. The van der Waals surface area contributed by atoms with Crippen LogP contribution >= 0.6 is 23.4 Å². The molecule has 0 spiro atoms. The zero-order valence-electron chi connectivity index (χ0n) is 10.9. The molecule has 0 aromatic heterocycles. The summed E-state index contributed by atoms with van der Waals surface area (Å²) in [5.74, 6) is 1.11. The third kappa shape index (κ3) is 6.31. The Morgan fingerprint density at radius 1 is 1.39 bits per heavy atom. The van der Waals surface area contributed by atoms with Crippen LogP contribution in [-0.2, 0) is 4.79 Å². The van der Waals surface area contributed by atoms with E-state index in [0.29, 0.717) is 6.42 Å². The molecule has 2 nitrogen and oxygen atoms in total. The third-order valence-corrected chi connectivity index (χ3v) is 4.00. The number of thioether (sulfide) groups is 1. The van der Waals surface area contributed by atoms with Gasteiger partial charge in [0.1, 0.15) is 0 Å². The van der Waals surface area contributed by atoms with Crippen LogP contribution in [-0.4, -0.2) is 17.7 Å². The molecule has 0 fully saturated rings. The van der Waals surface area contributed by atoms with Crippen molar-refractivity contribution in [2.45, 2.75) is 44.0 Å². The van der Waals surface area contributed by atoms with E-state index in [2.05, 4.69) is 12.2 Å². The average Bonchev–Trinajstić information content (AvgIpc) is 2.36. The largest absolute Gasteiger partial charge is 0.354 e. The lowest BCUT2D eigenvalue weighted by molar-refractivity contribution is -0.121. The normalized spacial score (nSPS) is 12.2. The Labute approximate surface area is 118 Å². The minimum atomic E-state index is 0.154. The van der Waals surface area contributed by atoms with Gasteiger partial charge in [0.05, 0.1) is 0 Å². The lowest BCUT2D eigenvalue weighted by Crippen LogP contribution is -2.31. The van der Waals surface area contributed by atoms with Crippen LogP contribution in [0.25, 0.3) is 0 Å². The monoisotopic (exact) mass is 285 g/mol. The van der Waals surface area contributed by atoms with E-state index in [1.165, 1.54) is 4.90 Å². The van der Waals surface area contributed by atoms with Gasteiger partial charge < -0.3 is 5.32 Å². The molecule has 1 amide bonds. The molecule has 0 bridgehead atoms. The van der Waals surface area contributed by atoms with Gasteiger partial charge in [0.15, 0.2) is 0 Å². The summed E-state index contributed by atoms with van der Waals surface area (Å²) in [6.45, 7) is 4.10. The molecular weight excluding hydrogens is 266 g/mol. The summed E-state index contributed by atoms with van der Waals surface area (Å²) < 4.78 is 0. The quantitative estimate of drug-likeness (QED) is 0.603. The first kappa shape index (κ1) is 15.4. The second kappa shape index (κ2) is 8.44. The molecule has 0 aliphatic heterocycles. The summed E-state index contributed by atoms with van der Waals surface area (Å²) in [7, 11) is 0. The predicted molar refractivity (Wildman–Crippen MR) is 79.3 cm³/mol. The highest BCUT2D eigenvalue weighted by molar-refractivity contribution is 7.99. The summed E-state index contributed by atoms with van der Waals surface area (Å²) in [4.78, 5) is 12.7. The van der Waals surface area contributed by atoms with Crippen molar-refractivity contribution in [1.82, 2.24) is 5.32 Å². The molecule has 1 N–H and O–H groups in total. The van der Waals surface area contributed by atoms with E-state index in [4.69, 9.17) is 11.6 Å². The van der Waals surface area contributed by atoms with Gasteiger partial charge in [0, 0.05) is 22.4 Å². The number of hydrogen-bond donors (Lipinski definition) is 1. The van der Waals surface area contributed by atoms with Crippen molar-refractivity contribution in [2.75, 3.05) is 5.75 Å². The maximum Gasteiger partial charge on any atom is 0.220 e. The van der Waals surface area contributed by atoms with Crippen LogP contribution in [0.2, 0.25) is 5.02 Å². The Morgan fingerprint density at radius 2 is 2.06 bits per heavy atom. The zero-order chi connectivity index (χ0) is 13.4. The maximum atomic E-state index is 11.5. The van der Waals surface area contributed by atoms with Crippen LogP contribution in [0.4, 0.5) is 0 Å². The molecule has 0 radical (unpaired) electrons. The van der Waals surface area contributed by atoms with E-state index in [0.717, 1.165) is 23.6 Å². The molecule has 1 atom stereocenters. The summed E-state index contributed by atoms with van der Waals surface area (Å²) in [6, 6.07) is 8.07. The van der Waals surface area contributed by atoms with Crippen LogP contribution in [0, 0.1) is 0 Å². The van der Waals surface area contributed by atoms with Crippen molar-refractivity contribution < 1.29 is 4.79 Å². The van der Waals surface area contributed by atoms with E-state index in [-0.39, 0.29) is 11.9 Å². The number of benzene rings is 1. The fraction of sp³-hybridized carbons (Fsp3) is 0.500. The van der Waals surface area contributed by atoms with Crippen LogP contribution < -0.4 is 5.32 Å². The molecule has 0 saturated heterocycles. The number of hydrogen-bond acceptors (Lipinski definition) is 2. The van der Waals surface area contributed by atoms with E-state index in [1.807, 2.05) is 31.2 Å². The molecule has 4 heteroatoms. The van der Waals surface area contributed by atoms with Crippen molar-refractivity contribution in [3.8, 4) is 0 Å². The first-order valence-corrected chi connectivity index (χ1v) is 7.66. The summed E-state index contributed by atoms with van der Waals surface area (Å²) in [5.41, 5.74) is 0. The van der Waals surface area contributed by atoms with Crippen molar-refractivity contribution in [1.29, 1.82) is 0 Å². The molecule has 0 aliphatic rings. The molecule has 18 heavy (non-hydrogen) atoms. The molecule has 0 aliphatic carbocycles. The Bertz CT molecular complexity index is 367. The van der Waals surface area contributed by atoms with Gasteiger partial charge in [-0.1, -0.05) is 18.5 Å². The molecule has 0 unspecified atom stereocenters. The topological polar surface area (TPSA) is 29.1 Å². The summed E-state index contributed by atoms with van der Waals surface area (Å²) in [6.07, 6.45) is 2.48. The molecular formula is C14H20ClNOS. The van der Waals surface area contributed by atoms with E-state index in [9.17, 15) is 4.79 Å². The Morgan fingerprint density at radius 3 is 2.67 bits per heavy atom. The number of halogens is 1. The number of nitrogens with one attached hydrogen (secondary N) is 1. The van der Waals surface area contributed by atoms with Crippen LogP contribution in [0.15, 0.2) is 29.2 Å². The number of amides is 1. The molecule has 100 valence electrons. The van der Waals surface area contributed by atoms with Gasteiger partial charge >= 0.3 is 0 Å². The van der Waals surface area contributed by atoms with Crippen molar-refractivity contribution in [2.24, 2.45) is 0 Å². The van der Waals surface area contributed by atoms with Gasteiger partial charge in [0.2, 0.25) is 5.91 Å². The van der Waals surface area contributed by atoms with Crippen molar-refractivity contribution in [3.05, 3.63) is 29.3 Å². The highest BCUT2D eigenvalue weighted by atomic mass is 35.5. The second-order valence-corrected chi connectivity index (χ2v) is 5.89. The second-order valence-electron chi connectivity index (χ2n) is 4.28. The molecule has 0 heterocycles. The fourth-order valence-corrected chi connectivity index (χ4v) is 2.38. The van der Waals surface area contributed by atoms with Gasteiger partial charge in [-0.05, 0) is 49.8 Å². The maximum absolute atomic E-state index is 11.5. The van der Waals surface area contributed by atoms with E-state index in [1.54, 1.807) is 11.8 Å².